The maximum atomic E-state index is 12.6. The first-order valence-electron chi connectivity index (χ1n) is 9.80. The molecule has 2 aromatic carbocycles. The molecule has 1 aliphatic carbocycles. The molecule has 0 spiro atoms. The van der Waals surface area contributed by atoms with Gasteiger partial charge >= 0.3 is 0 Å². The van der Waals surface area contributed by atoms with Crippen molar-refractivity contribution < 1.29 is 14.3 Å². The van der Waals surface area contributed by atoms with Crippen LogP contribution in [-0.2, 0) is 22.4 Å². The highest BCUT2D eigenvalue weighted by atomic mass is 16.5. The zero-order valence-electron chi connectivity index (χ0n) is 15.5. The minimum Gasteiger partial charge on any atom is -0.370 e. The SMILES string of the molecule is O=C(CCC(=O)N1CCOC(c2ccccc2)C1)c1ccc2c(c1)CCC2. The maximum absolute atomic E-state index is 12.6. The predicted molar refractivity (Wildman–Crippen MR) is 104 cm³/mol. The Labute approximate surface area is 160 Å². The summed E-state index contributed by atoms with van der Waals surface area (Å²) in [6.45, 7) is 1.68. The van der Waals surface area contributed by atoms with Gasteiger partial charge in [0.1, 0.15) is 6.10 Å². The average Bonchev–Trinajstić information content (AvgIpc) is 3.20. The van der Waals surface area contributed by atoms with E-state index >= 15 is 0 Å². The molecule has 2 aromatic rings. The number of benzene rings is 2. The van der Waals surface area contributed by atoms with E-state index in [-0.39, 0.29) is 30.6 Å². The van der Waals surface area contributed by atoms with Gasteiger partial charge in [-0.2, -0.15) is 0 Å². The van der Waals surface area contributed by atoms with Crippen LogP contribution in [0.4, 0.5) is 0 Å². The third kappa shape index (κ3) is 4.11. The van der Waals surface area contributed by atoms with Crippen molar-refractivity contribution in [2.75, 3.05) is 19.7 Å². The number of morpholine rings is 1. The zero-order chi connectivity index (χ0) is 18.6. The van der Waals surface area contributed by atoms with Crippen molar-refractivity contribution in [3.63, 3.8) is 0 Å². The quantitative estimate of drug-likeness (QED) is 0.761. The van der Waals surface area contributed by atoms with Crippen LogP contribution in [0.15, 0.2) is 48.5 Å². The van der Waals surface area contributed by atoms with Crippen LogP contribution in [0, 0.1) is 0 Å². The molecule has 1 fully saturated rings. The third-order valence-electron chi connectivity index (χ3n) is 5.58. The Morgan fingerprint density at radius 2 is 1.81 bits per heavy atom. The molecule has 1 aliphatic heterocycles. The van der Waals surface area contributed by atoms with Crippen molar-refractivity contribution in [1.82, 2.24) is 4.90 Å². The van der Waals surface area contributed by atoms with Crippen LogP contribution in [0.25, 0.3) is 0 Å². The van der Waals surface area contributed by atoms with Crippen molar-refractivity contribution in [1.29, 1.82) is 0 Å². The summed E-state index contributed by atoms with van der Waals surface area (Å²) >= 11 is 0. The average molecular weight is 363 g/mol. The fourth-order valence-electron chi connectivity index (χ4n) is 4.01. The Bertz CT molecular complexity index is 831. The first kappa shape index (κ1) is 17.9. The molecule has 1 amide bonds. The minimum atomic E-state index is -0.0867. The molecule has 4 rings (SSSR count). The van der Waals surface area contributed by atoms with E-state index in [0.717, 1.165) is 24.0 Å². The van der Waals surface area contributed by atoms with E-state index in [9.17, 15) is 9.59 Å². The lowest BCUT2D eigenvalue weighted by Gasteiger charge is -2.33. The van der Waals surface area contributed by atoms with E-state index < -0.39 is 0 Å². The highest BCUT2D eigenvalue weighted by molar-refractivity contribution is 5.98. The van der Waals surface area contributed by atoms with E-state index in [0.29, 0.717) is 19.7 Å². The summed E-state index contributed by atoms with van der Waals surface area (Å²) in [5.41, 5.74) is 4.49. The Morgan fingerprint density at radius 3 is 2.67 bits per heavy atom. The molecule has 1 unspecified atom stereocenters. The molecule has 0 saturated carbocycles. The highest BCUT2D eigenvalue weighted by Gasteiger charge is 2.25. The molecule has 0 radical (unpaired) electrons. The smallest absolute Gasteiger partial charge is 0.223 e. The van der Waals surface area contributed by atoms with Crippen LogP contribution >= 0.6 is 0 Å². The summed E-state index contributed by atoms with van der Waals surface area (Å²) in [4.78, 5) is 27.0. The fraction of sp³-hybridized carbons (Fsp3) is 0.391. The van der Waals surface area contributed by atoms with E-state index in [4.69, 9.17) is 4.74 Å². The lowest BCUT2D eigenvalue weighted by atomic mass is 10.0. The Morgan fingerprint density at radius 1 is 1.00 bits per heavy atom. The van der Waals surface area contributed by atoms with Gasteiger partial charge in [0.2, 0.25) is 5.91 Å². The third-order valence-corrected chi connectivity index (χ3v) is 5.58. The molecular formula is C23H25NO3. The molecule has 4 nitrogen and oxygen atoms in total. The fourth-order valence-corrected chi connectivity index (χ4v) is 4.01. The normalized spacial score (nSPS) is 19.0. The lowest BCUT2D eigenvalue weighted by molar-refractivity contribution is -0.139. The number of carbonyl (C=O) groups excluding carboxylic acids is 2. The highest BCUT2D eigenvalue weighted by Crippen LogP contribution is 2.24. The van der Waals surface area contributed by atoms with Crippen LogP contribution in [0.5, 0.6) is 0 Å². The van der Waals surface area contributed by atoms with Crippen molar-refractivity contribution >= 4 is 11.7 Å². The first-order chi connectivity index (χ1) is 13.2. The van der Waals surface area contributed by atoms with Crippen molar-refractivity contribution in [3.05, 3.63) is 70.8 Å². The summed E-state index contributed by atoms with van der Waals surface area (Å²) < 4.78 is 5.82. The largest absolute Gasteiger partial charge is 0.370 e. The Kier molecular flexibility index (Phi) is 5.35. The van der Waals surface area contributed by atoms with Gasteiger partial charge in [0, 0.05) is 24.9 Å². The number of fused-ring (bicyclic) bond motifs is 1. The monoisotopic (exact) mass is 363 g/mol. The van der Waals surface area contributed by atoms with Crippen LogP contribution in [0.2, 0.25) is 0 Å². The van der Waals surface area contributed by atoms with E-state index in [1.54, 1.807) is 0 Å². The number of rotatable bonds is 5. The number of nitrogens with zero attached hydrogens (tertiary/aromatic N) is 1. The molecule has 0 aromatic heterocycles. The maximum Gasteiger partial charge on any atom is 0.223 e. The molecule has 1 saturated heterocycles. The number of carbonyl (C=O) groups is 2. The molecule has 140 valence electrons. The first-order valence-corrected chi connectivity index (χ1v) is 9.80. The summed E-state index contributed by atoms with van der Waals surface area (Å²) in [5, 5.41) is 0. The summed E-state index contributed by atoms with van der Waals surface area (Å²) in [5.74, 6) is 0.0969. The van der Waals surface area contributed by atoms with Gasteiger partial charge in [-0.3, -0.25) is 9.59 Å². The molecule has 0 bridgehead atoms. The van der Waals surface area contributed by atoms with E-state index in [1.807, 2.05) is 47.4 Å². The van der Waals surface area contributed by atoms with E-state index in [2.05, 4.69) is 6.07 Å². The number of Topliss-reactive ketones (excluding diaryl/α,β-unsaturated/α-hetero) is 1. The van der Waals surface area contributed by atoms with Crippen molar-refractivity contribution in [3.8, 4) is 0 Å². The lowest BCUT2D eigenvalue weighted by Crippen LogP contribution is -2.42. The second kappa shape index (κ2) is 8.05. The summed E-state index contributed by atoms with van der Waals surface area (Å²) in [6.07, 6.45) is 3.79. The number of hydrogen-bond donors (Lipinski definition) is 0. The second-order valence-corrected chi connectivity index (χ2v) is 7.37. The number of ketones is 1. The van der Waals surface area contributed by atoms with Gasteiger partial charge in [-0.25, -0.2) is 0 Å². The van der Waals surface area contributed by atoms with Crippen LogP contribution in [-0.4, -0.2) is 36.3 Å². The van der Waals surface area contributed by atoms with Gasteiger partial charge in [0.05, 0.1) is 13.2 Å². The molecule has 1 atom stereocenters. The van der Waals surface area contributed by atoms with Gasteiger partial charge in [-0.1, -0.05) is 42.5 Å². The van der Waals surface area contributed by atoms with Gasteiger partial charge in [-0.05, 0) is 42.0 Å². The van der Waals surface area contributed by atoms with Gasteiger partial charge < -0.3 is 9.64 Å². The Hall–Kier alpha value is -2.46. The molecule has 1 heterocycles. The zero-order valence-corrected chi connectivity index (χ0v) is 15.5. The minimum absolute atomic E-state index is 0.0359. The second-order valence-electron chi connectivity index (χ2n) is 7.37. The summed E-state index contributed by atoms with van der Waals surface area (Å²) in [7, 11) is 0. The Balaban J connectivity index is 1.33. The molecule has 2 aliphatic rings. The van der Waals surface area contributed by atoms with Crippen LogP contribution in [0.3, 0.4) is 0 Å². The van der Waals surface area contributed by atoms with Crippen molar-refractivity contribution in [2.24, 2.45) is 0 Å². The number of hydrogen-bond acceptors (Lipinski definition) is 3. The standard InChI is InChI=1S/C23H25NO3/c25-21(20-10-9-17-7-4-8-19(17)15-20)11-12-23(26)24-13-14-27-22(16-24)18-5-2-1-3-6-18/h1-3,5-6,9-10,15,22H,4,7-8,11-14,16H2. The van der Waals surface area contributed by atoms with Gasteiger partial charge in [0.15, 0.2) is 5.78 Å². The number of aryl methyl sites for hydroxylation is 2. The molecule has 4 heteroatoms. The van der Waals surface area contributed by atoms with Crippen LogP contribution < -0.4 is 0 Å². The molecule has 0 N–H and O–H groups in total. The van der Waals surface area contributed by atoms with Gasteiger partial charge in [-0.15, -0.1) is 0 Å². The number of amides is 1. The summed E-state index contributed by atoms with van der Waals surface area (Å²) in [6, 6.07) is 16.0. The van der Waals surface area contributed by atoms with E-state index in [1.165, 1.54) is 17.5 Å². The molecular weight excluding hydrogens is 338 g/mol. The topological polar surface area (TPSA) is 46.6 Å². The van der Waals surface area contributed by atoms with Crippen molar-refractivity contribution in [2.45, 2.75) is 38.2 Å². The molecule has 27 heavy (non-hydrogen) atoms. The van der Waals surface area contributed by atoms with Crippen LogP contribution in [0.1, 0.15) is 52.4 Å². The number of ether oxygens (including phenoxy) is 1. The predicted octanol–water partition coefficient (Wildman–Crippen LogP) is 3.74. The van der Waals surface area contributed by atoms with Gasteiger partial charge in [0.25, 0.3) is 0 Å².